The third-order valence-electron chi connectivity index (χ3n) is 5.28. The van der Waals surface area contributed by atoms with Crippen LogP contribution in [0.25, 0.3) is 0 Å². The third-order valence-corrected chi connectivity index (χ3v) is 7.56. The van der Waals surface area contributed by atoms with Crippen LogP contribution >= 0.6 is 11.3 Å². The van der Waals surface area contributed by atoms with E-state index in [9.17, 15) is 18.0 Å². The van der Waals surface area contributed by atoms with Crippen molar-refractivity contribution in [3.05, 3.63) is 52.7 Å². The fourth-order valence-corrected chi connectivity index (χ4v) is 4.79. The van der Waals surface area contributed by atoms with Crippen molar-refractivity contribution < 1.29 is 18.0 Å². The van der Waals surface area contributed by atoms with Gasteiger partial charge in [0, 0.05) is 10.4 Å². The molecule has 1 aromatic heterocycles. The van der Waals surface area contributed by atoms with Crippen LogP contribution in [-0.2, 0) is 26.2 Å². The molecule has 0 aliphatic carbocycles. The van der Waals surface area contributed by atoms with E-state index in [0.717, 1.165) is 11.3 Å². The standard InChI is InChI=1S/C23H33N3O4S2/c1-5-11-20(22(28)25-23(3,4)6-2)26(17-18-12-10-15-31-18)21(27)16-24-32(29,30)19-13-8-7-9-14-19/h7-10,12-15,20,24H,5-6,11,16-17H2,1-4H3,(H,25,28)/t20-/m1/s1. The van der Waals surface area contributed by atoms with Crippen LogP contribution in [0.2, 0.25) is 0 Å². The van der Waals surface area contributed by atoms with Crippen molar-refractivity contribution in [1.29, 1.82) is 0 Å². The molecule has 1 heterocycles. The fourth-order valence-electron chi connectivity index (χ4n) is 3.09. The maximum absolute atomic E-state index is 13.2. The van der Waals surface area contributed by atoms with Crippen LogP contribution in [0.3, 0.4) is 0 Å². The molecule has 7 nitrogen and oxygen atoms in total. The molecule has 2 aromatic rings. The molecule has 9 heteroatoms. The van der Waals surface area contributed by atoms with Gasteiger partial charge < -0.3 is 10.2 Å². The molecule has 0 bridgehead atoms. The molecule has 2 rings (SSSR count). The van der Waals surface area contributed by atoms with E-state index in [1.54, 1.807) is 18.2 Å². The smallest absolute Gasteiger partial charge is 0.243 e. The molecule has 0 aliphatic heterocycles. The van der Waals surface area contributed by atoms with E-state index in [-0.39, 0.29) is 17.3 Å². The molecular formula is C23H33N3O4S2. The van der Waals surface area contributed by atoms with E-state index in [1.807, 2.05) is 45.2 Å². The number of amides is 2. The van der Waals surface area contributed by atoms with Crippen LogP contribution in [0, 0.1) is 0 Å². The van der Waals surface area contributed by atoms with Gasteiger partial charge in [-0.3, -0.25) is 9.59 Å². The van der Waals surface area contributed by atoms with Gasteiger partial charge in [0.25, 0.3) is 0 Å². The molecule has 0 unspecified atom stereocenters. The van der Waals surface area contributed by atoms with Gasteiger partial charge in [0.1, 0.15) is 6.04 Å². The molecule has 176 valence electrons. The number of thiophene rings is 1. The van der Waals surface area contributed by atoms with Crippen LogP contribution < -0.4 is 10.0 Å². The lowest BCUT2D eigenvalue weighted by molar-refractivity contribution is -0.141. The molecule has 2 amide bonds. The summed E-state index contributed by atoms with van der Waals surface area (Å²) in [5.41, 5.74) is -0.407. The lowest BCUT2D eigenvalue weighted by Gasteiger charge is -2.34. The molecule has 0 radical (unpaired) electrons. The number of nitrogens with one attached hydrogen (secondary N) is 2. The maximum Gasteiger partial charge on any atom is 0.243 e. The predicted octanol–water partition coefficient (Wildman–Crippen LogP) is 3.53. The minimum atomic E-state index is -3.84. The quantitative estimate of drug-likeness (QED) is 0.487. The van der Waals surface area contributed by atoms with Crippen LogP contribution in [0.15, 0.2) is 52.7 Å². The normalized spacial score (nSPS) is 12.9. The second-order valence-electron chi connectivity index (χ2n) is 8.27. The van der Waals surface area contributed by atoms with E-state index in [4.69, 9.17) is 0 Å². The number of carbonyl (C=O) groups is 2. The molecular weight excluding hydrogens is 446 g/mol. The zero-order valence-electron chi connectivity index (χ0n) is 19.1. The topological polar surface area (TPSA) is 95.6 Å². The average Bonchev–Trinajstić information content (AvgIpc) is 3.28. The van der Waals surface area contributed by atoms with Gasteiger partial charge in [-0.2, -0.15) is 0 Å². The first-order valence-corrected chi connectivity index (χ1v) is 13.1. The van der Waals surface area contributed by atoms with Crippen LogP contribution in [0.5, 0.6) is 0 Å². The Labute approximate surface area is 195 Å². The highest BCUT2D eigenvalue weighted by molar-refractivity contribution is 7.89. The van der Waals surface area contributed by atoms with E-state index in [0.29, 0.717) is 12.8 Å². The van der Waals surface area contributed by atoms with Crippen molar-refractivity contribution in [3.8, 4) is 0 Å². The lowest BCUT2D eigenvalue weighted by Crippen LogP contribution is -2.55. The Morgan fingerprint density at radius 3 is 2.34 bits per heavy atom. The van der Waals surface area contributed by atoms with Gasteiger partial charge in [0.05, 0.1) is 18.0 Å². The summed E-state index contributed by atoms with van der Waals surface area (Å²) >= 11 is 1.49. The highest BCUT2D eigenvalue weighted by Gasteiger charge is 2.32. The van der Waals surface area contributed by atoms with Gasteiger partial charge in [-0.05, 0) is 50.3 Å². The minimum absolute atomic E-state index is 0.0881. The monoisotopic (exact) mass is 479 g/mol. The van der Waals surface area contributed by atoms with Crippen molar-refractivity contribution >= 4 is 33.2 Å². The summed E-state index contributed by atoms with van der Waals surface area (Å²) in [5.74, 6) is -0.671. The third kappa shape index (κ3) is 7.43. The number of hydrogen-bond acceptors (Lipinski definition) is 5. The molecule has 0 spiro atoms. The van der Waals surface area contributed by atoms with Gasteiger partial charge in [-0.15, -0.1) is 11.3 Å². The summed E-state index contributed by atoms with van der Waals surface area (Å²) in [6, 6.07) is 11.0. The van der Waals surface area contributed by atoms with Gasteiger partial charge in [-0.1, -0.05) is 44.5 Å². The van der Waals surface area contributed by atoms with Crippen molar-refractivity contribution in [2.45, 2.75) is 70.0 Å². The zero-order valence-corrected chi connectivity index (χ0v) is 20.8. The molecule has 0 aliphatic rings. The largest absolute Gasteiger partial charge is 0.349 e. The summed E-state index contributed by atoms with van der Waals surface area (Å²) < 4.78 is 27.5. The first kappa shape index (κ1) is 26.0. The number of carbonyl (C=O) groups excluding carboxylic acids is 2. The predicted molar refractivity (Wildman–Crippen MR) is 128 cm³/mol. The fraction of sp³-hybridized carbons (Fsp3) is 0.478. The molecule has 0 saturated carbocycles. The van der Waals surface area contributed by atoms with Gasteiger partial charge in [-0.25, -0.2) is 13.1 Å². The first-order chi connectivity index (χ1) is 15.1. The highest BCUT2D eigenvalue weighted by Crippen LogP contribution is 2.19. The Morgan fingerprint density at radius 1 is 1.09 bits per heavy atom. The molecule has 32 heavy (non-hydrogen) atoms. The zero-order chi connectivity index (χ0) is 23.8. The van der Waals surface area contributed by atoms with Crippen LogP contribution in [0.4, 0.5) is 0 Å². The number of hydrogen-bond donors (Lipinski definition) is 2. The Hall–Kier alpha value is -2.23. The summed E-state index contributed by atoms with van der Waals surface area (Å²) in [7, 11) is -3.84. The molecule has 1 atom stereocenters. The maximum atomic E-state index is 13.2. The molecule has 0 fully saturated rings. The van der Waals surface area contributed by atoms with Gasteiger partial charge >= 0.3 is 0 Å². The number of nitrogens with zero attached hydrogens (tertiary/aromatic N) is 1. The van der Waals surface area contributed by atoms with Crippen molar-refractivity contribution in [2.75, 3.05) is 6.54 Å². The van der Waals surface area contributed by atoms with Gasteiger partial charge in [0.2, 0.25) is 21.8 Å². The van der Waals surface area contributed by atoms with E-state index >= 15 is 0 Å². The van der Waals surface area contributed by atoms with E-state index in [2.05, 4.69) is 10.0 Å². The van der Waals surface area contributed by atoms with Crippen LogP contribution in [0.1, 0.15) is 51.8 Å². The van der Waals surface area contributed by atoms with Crippen molar-refractivity contribution in [1.82, 2.24) is 14.9 Å². The highest BCUT2D eigenvalue weighted by atomic mass is 32.2. The second kappa shape index (κ2) is 11.6. The summed E-state index contributed by atoms with van der Waals surface area (Å²) in [4.78, 5) is 28.9. The van der Waals surface area contributed by atoms with E-state index in [1.165, 1.54) is 28.4 Å². The Balaban J connectivity index is 2.25. The number of sulfonamides is 1. The molecule has 1 aromatic carbocycles. The van der Waals surface area contributed by atoms with Gasteiger partial charge in [0.15, 0.2) is 0 Å². The Bertz CT molecular complexity index is 974. The lowest BCUT2D eigenvalue weighted by atomic mass is 10.00. The van der Waals surface area contributed by atoms with Crippen molar-refractivity contribution in [2.24, 2.45) is 0 Å². The average molecular weight is 480 g/mol. The second-order valence-corrected chi connectivity index (χ2v) is 11.1. The van der Waals surface area contributed by atoms with Crippen molar-refractivity contribution in [3.63, 3.8) is 0 Å². The number of benzene rings is 1. The van der Waals surface area contributed by atoms with Crippen LogP contribution in [-0.4, -0.2) is 43.3 Å². The SMILES string of the molecule is CCC[C@H](C(=O)NC(C)(C)CC)N(Cc1cccs1)C(=O)CNS(=O)(=O)c1ccccc1. The summed E-state index contributed by atoms with van der Waals surface area (Å²) in [5, 5.41) is 4.94. The Morgan fingerprint density at radius 2 is 1.78 bits per heavy atom. The molecule has 2 N–H and O–H groups in total. The summed E-state index contributed by atoms with van der Waals surface area (Å²) in [6.07, 6.45) is 1.93. The minimum Gasteiger partial charge on any atom is -0.349 e. The molecule has 0 saturated heterocycles. The number of rotatable bonds is 12. The summed E-state index contributed by atoms with van der Waals surface area (Å²) in [6.45, 7) is 7.64. The van der Waals surface area contributed by atoms with E-state index < -0.39 is 34.1 Å². The first-order valence-electron chi connectivity index (χ1n) is 10.8. The Kier molecular flexibility index (Phi) is 9.42.